The van der Waals surface area contributed by atoms with E-state index < -0.39 is 0 Å². The van der Waals surface area contributed by atoms with Crippen molar-refractivity contribution in [3.63, 3.8) is 0 Å². The van der Waals surface area contributed by atoms with Gasteiger partial charge in [-0.3, -0.25) is 4.79 Å². The Morgan fingerprint density at radius 1 is 1.33 bits per heavy atom. The van der Waals surface area contributed by atoms with E-state index in [1.807, 2.05) is 0 Å². The Morgan fingerprint density at radius 3 is 3.00 bits per heavy atom. The Labute approximate surface area is 110 Å². The fraction of sp³-hybridized carbons (Fsp3) is 0.800. The van der Waals surface area contributed by atoms with Crippen molar-refractivity contribution in [2.24, 2.45) is 5.92 Å². The lowest BCUT2D eigenvalue weighted by molar-refractivity contribution is -0.119. The number of rotatable bonds is 4. The zero-order valence-electron chi connectivity index (χ0n) is 11.4. The van der Waals surface area contributed by atoms with Crippen LogP contribution in [0.15, 0.2) is 11.6 Å². The number of hydrogen-bond acceptors (Lipinski definition) is 3. The van der Waals surface area contributed by atoms with Crippen LogP contribution in [-0.2, 0) is 9.53 Å². The number of ketones is 1. The van der Waals surface area contributed by atoms with E-state index in [9.17, 15) is 4.79 Å². The smallest absolute Gasteiger partial charge is 0.165 e. The van der Waals surface area contributed by atoms with Gasteiger partial charge in [0.15, 0.2) is 5.78 Å². The molecule has 0 saturated carbocycles. The zero-order valence-corrected chi connectivity index (χ0v) is 11.4. The quantitative estimate of drug-likeness (QED) is 0.834. The highest BCUT2D eigenvalue weighted by molar-refractivity contribution is 5.97. The molecule has 2 atom stereocenters. The summed E-state index contributed by atoms with van der Waals surface area (Å²) < 4.78 is 5.48. The summed E-state index contributed by atoms with van der Waals surface area (Å²) in [6.45, 7) is 4.25. The first-order valence-electron chi connectivity index (χ1n) is 7.37. The van der Waals surface area contributed by atoms with Crippen LogP contribution in [0.3, 0.4) is 0 Å². The largest absolute Gasteiger partial charge is 0.379 e. The molecular weight excluding hydrogens is 226 g/mol. The van der Waals surface area contributed by atoms with Gasteiger partial charge in [0, 0.05) is 6.04 Å². The van der Waals surface area contributed by atoms with E-state index in [0.29, 0.717) is 19.0 Å². The van der Waals surface area contributed by atoms with Crippen molar-refractivity contribution in [1.82, 2.24) is 5.32 Å². The minimum Gasteiger partial charge on any atom is -0.379 e. The standard InChI is InChI=1S/C15H25NO2/c1-2-16-14-11-18-10-13(14)15(17)12-8-6-4-3-5-7-9-12/h8,13-14,16H,2-7,9-11H2,1H3. The third-order valence-electron chi connectivity index (χ3n) is 3.99. The topological polar surface area (TPSA) is 38.3 Å². The van der Waals surface area contributed by atoms with E-state index in [1.54, 1.807) is 0 Å². The molecule has 2 unspecified atom stereocenters. The fourth-order valence-electron chi connectivity index (χ4n) is 2.93. The second-order valence-electron chi connectivity index (χ2n) is 5.35. The van der Waals surface area contributed by atoms with Gasteiger partial charge in [-0.2, -0.15) is 0 Å². The molecule has 0 bridgehead atoms. The monoisotopic (exact) mass is 251 g/mol. The first-order chi connectivity index (χ1) is 8.83. The maximum absolute atomic E-state index is 12.6. The fourth-order valence-corrected chi connectivity index (χ4v) is 2.93. The third-order valence-corrected chi connectivity index (χ3v) is 3.99. The molecule has 0 aromatic heterocycles. The molecule has 0 aromatic carbocycles. The molecule has 0 aromatic rings. The zero-order chi connectivity index (χ0) is 12.8. The summed E-state index contributed by atoms with van der Waals surface area (Å²) >= 11 is 0. The van der Waals surface area contributed by atoms with Gasteiger partial charge in [0.1, 0.15) is 0 Å². The maximum Gasteiger partial charge on any atom is 0.165 e. The molecule has 3 nitrogen and oxygen atoms in total. The van der Waals surface area contributed by atoms with Crippen molar-refractivity contribution < 1.29 is 9.53 Å². The Hall–Kier alpha value is -0.670. The Morgan fingerprint density at radius 2 is 2.17 bits per heavy atom. The van der Waals surface area contributed by atoms with E-state index in [1.165, 1.54) is 19.3 Å². The van der Waals surface area contributed by atoms with Gasteiger partial charge >= 0.3 is 0 Å². The molecule has 1 saturated heterocycles. The molecule has 2 rings (SSSR count). The molecule has 102 valence electrons. The molecule has 1 fully saturated rings. The van der Waals surface area contributed by atoms with Crippen LogP contribution in [0.5, 0.6) is 0 Å². The molecule has 0 amide bonds. The second kappa shape index (κ2) is 7.05. The van der Waals surface area contributed by atoms with Gasteiger partial charge in [-0.15, -0.1) is 0 Å². The molecule has 1 aliphatic heterocycles. The predicted octanol–water partition coefficient (Wildman–Crippen LogP) is 2.46. The molecule has 1 N–H and O–H groups in total. The normalized spacial score (nSPS) is 29.5. The Kier molecular flexibility index (Phi) is 5.39. The summed E-state index contributed by atoms with van der Waals surface area (Å²) in [6.07, 6.45) is 9.19. The number of carbonyl (C=O) groups excluding carboxylic acids is 1. The first kappa shape index (κ1) is 13.8. The number of likely N-dealkylation sites (N-methyl/N-ethyl adjacent to an activating group) is 1. The summed E-state index contributed by atoms with van der Waals surface area (Å²) in [4.78, 5) is 12.6. The number of allylic oxidation sites excluding steroid dienone is 2. The lowest BCUT2D eigenvalue weighted by atomic mass is 9.88. The maximum atomic E-state index is 12.6. The summed E-state index contributed by atoms with van der Waals surface area (Å²) in [5.74, 6) is 0.371. The summed E-state index contributed by atoms with van der Waals surface area (Å²) in [5.41, 5.74) is 1.06. The highest BCUT2D eigenvalue weighted by atomic mass is 16.5. The molecule has 2 aliphatic rings. The summed E-state index contributed by atoms with van der Waals surface area (Å²) in [6, 6.07) is 0.217. The number of ether oxygens (including phenoxy) is 1. The minimum absolute atomic E-state index is 0.0376. The van der Waals surface area contributed by atoms with E-state index in [0.717, 1.165) is 31.4 Å². The van der Waals surface area contributed by atoms with Crippen LogP contribution in [0.25, 0.3) is 0 Å². The SMILES string of the molecule is CCNC1COCC1C(=O)C1=CCCCCCC1. The lowest BCUT2D eigenvalue weighted by Crippen LogP contribution is -2.39. The van der Waals surface area contributed by atoms with Crippen molar-refractivity contribution in [2.75, 3.05) is 19.8 Å². The number of nitrogens with one attached hydrogen (secondary N) is 1. The molecule has 0 spiro atoms. The Bertz CT molecular complexity index is 312. The lowest BCUT2D eigenvalue weighted by Gasteiger charge is -2.19. The molecular formula is C15H25NO2. The second-order valence-corrected chi connectivity index (χ2v) is 5.35. The average Bonchev–Trinajstić information content (AvgIpc) is 2.76. The van der Waals surface area contributed by atoms with Crippen molar-refractivity contribution in [3.05, 3.63) is 11.6 Å². The van der Waals surface area contributed by atoms with E-state index in [2.05, 4.69) is 18.3 Å². The van der Waals surface area contributed by atoms with Crippen molar-refractivity contribution >= 4 is 5.78 Å². The van der Waals surface area contributed by atoms with Crippen LogP contribution in [0, 0.1) is 5.92 Å². The Balaban J connectivity index is 2.00. The van der Waals surface area contributed by atoms with E-state index >= 15 is 0 Å². The van der Waals surface area contributed by atoms with Gasteiger partial charge in [-0.05, 0) is 37.8 Å². The van der Waals surface area contributed by atoms with Gasteiger partial charge in [-0.25, -0.2) is 0 Å². The van der Waals surface area contributed by atoms with Crippen LogP contribution in [0.1, 0.15) is 45.4 Å². The van der Waals surface area contributed by atoms with Crippen LogP contribution in [0.2, 0.25) is 0 Å². The van der Waals surface area contributed by atoms with E-state index in [4.69, 9.17) is 4.74 Å². The highest BCUT2D eigenvalue weighted by Gasteiger charge is 2.34. The van der Waals surface area contributed by atoms with Gasteiger partial charge in [-0.1, -0.05) is 25.8 Å². The summed E-state index contributed by atoms with van der Waals surface area (Å²) in [5, 5.41) is 3.37. The average molecular weight is 251 g/mol. The van der Waals surface area contributed by atoms with Crippen molar-refractivity contribution in [3.8, 4) is 0 Å². The van der Waals surface area contributed by atoms with E-state index in [-0.39, 0.29) is 12.0 Å². The van der Waals surface area contributed by atoms with Crippen molar-refractivity contribution in [2.45, 2.75) is 51.5 Å². The summed E-state index contributed by atoms with van der Waals surface area (Å²) in [7, 11) is 0. The molecule has 18 heavy (non-hydrogen) atoms. The predicted molar refractivity (Wildman–Crippen MR) is 72.6 cm³/mol. The third kappa shape index (κ3) is 3.42. The minimum atomic E-state index is 0.0376. The van der Waals surface area contributed by atoms with Crippen LogP contribution >= 0.6 is 0 Å². The molecule has 1 heterocycles. The van der Waals surface area contributed by atoms with Gasteiger partial charge in [0.25, 0.3) is 0 Å². The van der Waals surface area contributed by atoms with Gasteiger partial charge in [0.2, 0.25) is 0 Å². The highest BCUT2D eigenvalue weighted by Crippen LogP contribution is 2.24. The number of Topliss-reactive ketones (excluding diaryl/α,β-unsaturated/α-hetero) is 1. The van der Waals surface area contributed by atoms with Gasteiger partial charge in [0.05, 0.1) is 19.1 Å². The van der Waals surface area contributed by atoms with Crippen molar-refractivity contribution in [1.29, 1.82) is 0 Å². The molecule has 1 aliphatic carbocycles. The first-order valence-corrected chi connectivity index (χ1v) is 7.37. The number of hydrogen-bond donors (Lipinski definition) is 1. The van der Waals surface area contributed by atoms with Crippen LogP contribution < -0.4 is 5.32 Å². The van der Waals surface area contributed by atoms with Crippen LogP contribution in [0.4, 0.5) is 0 Å². The van der Waals surface area contributed by atoms with Gasteiger partial charge < -0.3 is 10.1 Å². The molecule has 0 radical (unpaired) electrons. The van der Waals surface area contributed by atoms with Crippen LogP contribution in [-0.4, -0.2) is 31.6 Å². The number of carbonyl (C=O) groups is 1. The molecule has 3 heteroatoms.